The third kappa shape index (κ3) is 3.68. The van der Waals surface area contributed by atoms with E-state index in [1.54, 1.807) is 25.1 Å². The molecule has 0 saturated carbocycles. The number of Topliss-reactive ketones (excluding diaryl/α,β-unsaturated/α-hetero) is 1. The third-order valence-corrected chi connectivity index (χ3v) is 4.47. The normalized spacial score (nSPS) is 10.9. The summed E-state index contributed by atoms with van der Waals surface area (Å²) in [6.45, 7) is 2.21. The number of ketones is 1. The number of H-pyrrole nitrogens is 1. The fourth-order valence-electron chi connectivity index (χ4n) is 2.97. The van der Waals surface area contributed by atoms with E-state index in [2.05, 4.69) is 25.3 Å². The van der Waals surface area contributed by atoms with Crippen molar-refractivity contribution in [1.82, 2.24) is 19.9 Å². The highest BCUT2D eigenvalue weighted by molar-refractivity contribution is 5.95. The number of phenolic OH excluding ortho intramolecular Hbond substituents is 1. The molecule has 0 amide bonds. The number of nitrogens with one attached hydrogen (secondary N) is 2. The predicted molar refractivity (Wildman–Crippen MR) is 107 cm³/mol. The molecule has 4 aromatic rings. The number of aromatic amines is 1. The average Bonchev–Trinajstić information content (AvgIpc) is 3.15. The SMILES string of the molecule is CC(=O)c1cccc(-c2nc3ncnc(NCCc4ccc(O)cc4)c3[nH]2)c1. The van der Waals surface area contributed by atoms with Crippen LogP contribution in [0.2, 0.25) is 0 Å². The molecule has 2 aromatic heterocycles. The van der Waals surface area contributed by atoms with Crippen LogP contribution in [0, 0.1) is 0 Å². The first-order valence-corrected chi connectivity index (χ1v) is 8.94. The number of aromatic nitrogens is 4. The van der Waals surface area contributed by atoms with Crippen molar-refractivity contribution in [2.45, 2.75) is 13.3 Å². The van der Waals surface area contributed by atoms with Crippen LogP contribution in [0.5, 0.6) is 5.75 Å². The summed E-state index contributed by atoms with van der Waals surface area (Å²) in [5.74, 6) is 1.58. The first-order chi connectivity index (χ1) is 13.6. The number of rotatable bonds is 6. The Bertz CT molecular complexity index is 1140. The van der Waals surface area contributed by atoms with E-state index in [1.165, 1.54) is 6.33 Å². The number of aromatic hydroxyl groups is 1. The summed E-state index contributed by atoms with van der Waals surface area (Å²) in [5, 5.41) is 12.7. The van der Waals surface area contributed by atoms with Crippen LogP contribution in [0.4, 0.5) is 5.82 Å². The first kappa shape index (κ1) is 17.7. The van der Waals surface area contributed by atoms with Gasteiger partial charge < -0.3 is 15.4 Å². The molecule has 0 radical (unpaired) electrons. The van der Waals surface area contributed by atoms with E-state index >= 15 is 0 Å². The van der Waals surface area contributed by atoms with E-state index in [4.69, 9.17) is 0 Å². The quantitative estimate of drug-likeness (QED) is 0.446. The molecule has 0 aliphatic rings. The number of fused-ring (bicyclic) bond motifs is 1. The van der Waals surface area contributed by atoms with E-state index in [0.29, 0.717) is 29.4 Å². The summed E-state index contributed by atoms with van der Waals surface area (Å²) in [6.07, 6.45) is 2.26. The Kier molecular flexibility index (Phi) is 4.72. The zero-order valence-electron chi connectivity index (χ0n) is 15.3. The second kappa shape index (κ2) is 7.48. The number of carbonyl (C=O) groups is 1. The summed E-state index contributed by atoms with van der Waals surface area (Å²) in [6, 6.07) is 14.5. The van der Waals surface area contributed by atoms with Crippen LogP contribution in [0.15, 0.2) is 54.9 Å². The van der Waals surface area contributed by atoms with E-state index in [1.807, 2.05) is 30.3 Å². The number of carbonyl (C=O) groups excluding carboxylic acids is 1. The smallest absolute Gasteiger partial charge is 0.183 e. The topological polar surface area (TPSA) is 104 Å². The minimum Gasteiger partial charge on any atom is -0.508 e. The number of benzene rings is 2. The molecule has 4 rings (SSSR count). The summed E-state index contributed by atoms with van der Waals surface area (Å²) in [4.78, 5) is 28.0. The molecule has 28 heavy (non-hydrogen) atoms. The molecule has 3 N–H and O–H groups in total. The summed E-state index contributed by atoms with van der Waals surface area (Å²) < 4.78 is 0. The van der Waals surface area contributed by atoms with Crippen LogP contribution in [0.1, 0.15) is 22.8 Å². The molecule has 0 aliphatic heterocycles. The lowest BCUT2D eigenvalue weighted by Crippen LogP contribution is -2.07. The van der Waals surface area contributed by atoms with Gasteiger partial charge in [0.05, 0.1) is 0 Å². The van der Waals surface area contributed by atoms with E-state index < -0.39 is 0 Å². The highest BCUT2D eigenvalue weighted by Gasteiger charge is 2.12. The van der Waals surface area contributed by atoms with Gasteiger partial charge in [-0.25, -0.2) is 15.0 Å². The Morgan fingerprint density at radius 3 is 2.75 bits per heavy atom. The van der Waals surface area contributed by atoms with Gasteiger partial charge in [0.15, 0.2) is 17.2 Å². The molecule has 2 heterocycles. The van der Waals surface area contributed by atoms with Crippen LogP contribution >= 0.6 is 0 Å². The van der Waals surface area contributed by atoms with Gasteiger partial charge in [0.25, 0.3) is 0 Å². The number of hydrogen-bond acceptors (Lipinski definition) is 6. The fraction of sp³-hybridized carbons (Fsp3) is 0.143. The van der Waals surface area contributed by atoms with Crippen molar-refractivity contribution >= 4 is 22.8 Å². The molecular weight excluding hydrogens is 354 g/mol. The van der Waals surface area contributed by atoms with Crippen molar-refractivity contribution in [3.63, 3.8) is 0 Å². The van der Waals surface area contributed by atoms with Crippen molar-refractivity contribution < 1.29 is 9.90 Å². The molecular formula is C21H19N5O2. The molecule has 2 aromatic carbocycles. The molecule has 0 aliphatic carbocycles. The van der Waals surface area contributed by atoms with E-state index in [-0.39, 0.29) is 11.5 Å². The Hall–Kier alpha value is -3.74. The van der Waals surface area contributed by atoms with Crippen molar-refractivity contribution in [3.8, 4) is 17.1 Å². The number of nitrogens with zero attached hydrogens (tertiary/aromatic N) is 3. The predicted octanol–water partition coefficient (Wildman–Crippen LogP) is 3.58. The second-order valence-electron chi connectivity index (χ2n) is 6.49. The second-order valence-corrected chi connectivity index (χ2v) is 6.49. The fourth-order valence-corrected chi connectivity index (χ4v) is 2.97. The van der Waals surface area contributed by atoms with Gasteiger partial charge in [0, 0.05) is 17.7 Å². The van der Waals surface area contributed by atoms with Gasteiger partial charge in [-0.1, -0.05) is 30.3 Å². The molecule has 0 fully saturated rings. The Morgan fingerprint density at radius 1 is 1.14 bits per heavy atom. The van der Waals surface area contributed by atoms with Crippen molar-refractivity contribution in [2.24, 2.45) is 0 Å². The minimum absolute atomic E-state index is 0.00865. The molecule has 7 heteroatoms. The summed E-state index contributed by atoms with van der Waals surface area (Å²) >= 11 is 0. The third-order valence-electron chi connectivity index (χ3n) is 4.47. The first-order valence-electron chi connectivity index (χ1n) is 8.94. The maximum Gasteiger partial charge on any atom is 0.183 e. The molecule has 0 spiro atoms. The van der Waals surface area contributed by atoms with Crippen molar-refractivity contribution in [3.05, 3.63) is 66.0 Å². The van der Waals surface area contributed by atoms with Gasteiger partial charge in [-0.15, -0.1) is 0 Å². The van der Waals surface area contributed by atoms with Gasteiger partial charge in [-0.3, -0.25) is 4.79 Å². The lowest BCUT2D eigenvalue weighted by atomic mass is 10.1. The Morgan fingerprint density at radius 2 is 1.96 bits per heavy atom. The zero-order valence-corrected chi connectivity index (χ0v) is 15.3. The number of anilines is 1. The standard InChI is InChI=1S/C21H19N5O2/c1-13(27)15-3-2-4-16(11-15)19-25-18-20(23-12-24-21(18)26-19)22-10-9-14-5-7-17(28)8-6-14/h2-8,11-12,28H,9-10H2,1H3,(H2,22,23,24,25,26). The summed E-state index contributed by atoms with van der Waals surface area (Å²) in [7, 11) is 0. The van der Waals surface area contributed by atoms with Gasteiger partial charge >= 0.3 is 0 Å². The average molecular weight is 373 g/mol. The monoisotopic (exact) mass is 373 g/mol. The molecule has 140 valence electrons. The zero-order chi connectivity index (χ0) is 19.5. The lowest BCUT2D eigenvalue weighted by Gasteiger charge is -2.06. The highest BCUT2D eigenvalue weighted by Crippen LogP contribution is 2.24. The van der Waals surface area contributed by atoms with E-state index in [9.17, 15) is 9.90 Å². The lowest BCUT2D eigenvalue weighted by molar-refractivity contribution is 0.101. The molecule has 0 saturated heterocycles. The maximum atomic E-state index is 11.6. The highest BCUT2D eigenvalue weighted by atomic mass is 16.3. The maximum absolute atomic E-state index is 11.6. The molecule has 7 nitrogen and oxygen atoms in total. The van der Waals surface area contributed by atoms with Crippen LogP contribution < -0.4 is 5.32 Å². The molecule has 0 unspecified atom stereocenters. The summed E-state index contributed by atoms with van der Waals surface area (Å²) in [5.41, 5.74) is 3.85. The Balaban J connectivity index is 1.56. The minimum atomic E-state index is 0.00865. The van der Waals surface area contributed by atoms with Gasteiger partial charge in [-0.2, -0.15) is 0 Å². The number of imidazole rings is 1. The molecule has 0 bridgehead atoms. The molecule has 0 atom stereocenters. The van der Waals surface area contributed by atoms with Gasteiger partial charge in [0.1, 0.15) is 23.4 Å². The van der Waals surface area contributed by atoms with Crippen LogP contribution in [0.3, 0.4) is 0 Å². The largest absolute Gasteiger partial charge is 0.508 e. The van der Waals surface area contributed by atoms with Crippen molar-refractivity contribution in [2.75, 3.05) is 11.9 Å². The van der Waals surface area contributed by atoms with Crippen LogP contribution in [0.25, 0.3) is 22.6 Å². The van der Waals surface area contributed by atoms with Crippen molar-refractivity contribution in [1.29, 1.82) is 0 Å². The number of hydrogen-bond donors (Lipinski definition) is 3. The van der Waals surface area contributed by atoms with Crippen LogP contribution in [-0.2, 0) is 6.42 Å². The van der Waals surface area contributed by atoms with Gasteiger partial charge in [-0.05, 0) is 37.1 Å². The Labute approximate surface area is 161 Å². The van der Waals surface area contributed by atoms with Gasteiger partial charge in [0.2, 0.25) is 0 Å². The van der Waals surface area contributed by atoms with Crippen LogP contribution in [-0.4, -0.2) is 37.4 Å². The van der Waals surface area contributed by atoms with E-state index in [0.717, 1.165) is 23.1 Å². The number of phenols is 1.